The number of amides is 1. The molecule has 2 heterocycles. The molecule has 4 nitrogen and oxygen atoms in total. The Bertz CT molecular complexity index is 433. The number of aromatic nitrogens is 1. The minimum atomic E-state index is 0.234. The van der Waals surface area contributed by atoms with Crippen LogP contribution in [0.1, 0.15) is 42.8 Å². The normalized spacial score (nSPS) is 19.3. The third-order valence-corrected chi connectivity index (χ3v) is 4.65. The molecule has 2 rings (SSSR count). The predicted octanol–water partition coefficient (Wildman–Crippen LogP) is 2.80. The lowest BCUT2D eigenvalue weighted by Gasteiger charge is -2.36. The SMILES string of the molecule is COCCC[C@H]1CCCCN1C(=O)Cc1csc(C)n1. The molecule has 0 radical (unpaired) electrons. The number of thiazole rings is 1. The molecular weight excluding hydrogens is 272 g/mol. The van der Waals surface area contributed by atoms with Crippen LogP contribution in [0.2, 0.25) is 0 Å². The van der Waals surface area contributed by atoms with Crippen LogP contribution in [0.15, 0.2) is 5.38 Å². The minimum Gasteiger partial charge on any atom is -0.385 e. The fraction of sp³-hybridized carbons (Fsp3) is 0.733. The van der Waals surface area contributed by atoms with Gasteiger partial charge in [-0.25, -0.2) is 4.98 Å². The number of carbonyl (C=O) groups is 1. The summed E-state index contributed by atoms with van der Waals surface area (Å²) < 4.78 is 5.11. The Kier molecular flexibility index (Phi) is 5.98. The molecule has 1 aliphatic heterocycles. The van der Waals surface area contributed by atoms with Crippen LogP contribution in [0.3, 0.4) is 0 Å². The van der Waals surface area contributed by atoms with Gasteiger partial charge in [0, 0.05) is 31.7 Å². The topological polar surface area (TPSA) is 42.4 Å². The zero-order chi connectivity index (χ0) is 14.4. The molecule has 5 heteroatoms. The van der Waals surface area contributed by atoms with Crippen molar-refractivity contribution in [2.75, 3.05) is 20.3 Å². The average molecular weight is 296 g/mol. The van der Waals surface area contributed by atoms with E-state index in [1.807, 2.05) is 12.3 Å². The van der Waals surface area contributed by atoms with Crippen LogP contribution in [0.5, 0.6) is 0 Å². The molecule has 112 valence electrons. The first-order valence-corrected chi connectivity index (χ1v) is 8.28. The number of hydrogen-bond acceptors (Lipinski definition) is 4. The molecule has 0 bridgehead atoms. The van der Waals surface area contributed by atoms with Gasteiger partial charge in [0.1, 0.15) is 0 Å². The van der Waals surface area contributed by atoms with E-state index in [-0.39, 0.29) is 5.91 Å². The second-order valence-corrected chi connectivity index (χ2v) is 6.47. The van der Waals surface area contributed by atoms with E-state index in [1.165, 1.54) is 6.42 Å². The van der Waals surface area contributed by atoms with Crippen molar-refractivity contribution in [1.29, 1.82) is 0 Å². The van der Waals surface area contributed by atoms with E-state index in [4.69, 9.17) is 4.74 Å². The Morgan fingerprint density at radius 1 is 1.55 bits per heavy atom. The van der Waals surface area contributed by atoms with Crippen molar-refractivity contribution in [3.63, 3.8) is 0 Å². The van der Waals surface area contributed by atoms with Crippen LogP contribution in [-0.4, -0.2) is 42.1 Å². The van der Waals surface area contributed by atoms with E-state index in [1.54, 1.807) is 18.4 Å². The molecule has 0 saturated carbocycles. The Balaban J connectivity index is 1.90. The molecule has 0 N–H and O–H groups in total. The standard InChI is InChI=1S/C15H24N2O2S/c1-12-16-13(11-20-12)10-15(18)17-8-4-3-6-14(17)7-5-9-19-2/h11,14H,3-10H2,1-2H3/t14-/m1/s1. The van der Waals surface area contributed by atoms with Crippen molar-refractivity contribution >= 4 is 17.2 Å². The van der Waals surface area contributed by atoms with Gasteiger partial charge in [-0.3, -0.25) is 4.79 Å². The highest BCUT2D eigenvalue weighted by Crippen LogP contribution is 2.22. The van der Waals surface area contributed by atoms with E-state index < -0.39 is 0 Å². The van der Waals surface area contributed by atoms with Crippen LogP contribution in [0.25, 0.3) is 0 Å². The van der Waals surface area contributed by atoms with Gasteiger partial charge in [-0.2, -0.15) is 0 Å². The van der Waals surface area contributed by atoms with Gasteiger partial charge in [-0.05, 0) is 39.0 Å². The lowest BCUT2D eigenvalue weighted by atomic mass is 9.97. The maximum Gasteiger partial charge on any atom is 0.228 e. The van der Waals surface area contributed by atoms with E-state index >= 15 is 0 Å². The summed E-state index contributed by atoms with van der Waals surface area (Å²) in [5.41, 5.74) is 0.915. The van der Waals surface area contributed by atoms with Crippen molar-refractivity contribution < 1.29 is 9.53 Å². The number of ether oxygens (including phenoxy) is 1. The lowest BCUT2D eigenvalue weighted by Crippen LogP contribution is -2.44. The summed E-state index contributed by atoms with van der Waals surface area (Å²) in [6.07, 6.45) is 6.02. The number of carbonyl (C=O) groups excluding carboxylic acids is 1. The maximum atomic E-state index is 12.5. The number of nitrogens with zero attached hydrogens (tertiary/aromatic N) is 2. The van der Waals surface area contributed by atoms with E-state index in [0.717, 1.165) is 49.5 Å². The molecule has 1 amide bonds. The number of likely N-dealkylation sites (tertiary alicyclic amines) is 1. The number of rotatable bonds is 6. The lowest BCUT2D eigenvalue weighted by molar-refractivity contribution is -0.134. The molecular formula is C15H24N2O2S. The average Bonchev–Trinajstić information content (AvgIpc) is 2.85. The van der Waals surface area contributed by atoms with Crippen LogP contribution in [0, 0.1) is 6.92 Å². The molecule has 1 aromatic heterocycles. The first-order chi connectivity index (χ1) is 9.70. The van der Waals surface area contributed by atoms with Crippen molar-refractivity contribution in [3.8, 4) is 0 Å². The van der Waals surface area contributed by atoms with Gasteiger partial charge in [0.15, 0.2) is 0 Å². The Morgan fingerprint density at radius 3 is 3.10 bits per heavy atom. The van der Waals surface area contributed by atoms with Crippen LogP contribution in [-0.2, 0) is 16.0 Å². The molecule has 0 aliphatic carbocycles. The van der Waals surface area contributed by atoms with E-state index in [9.17, 15) is 4.79 Å². The predicted molar refractivity (Wildman–Crippen MR) is 81.0 cm³/mol. The Labute approximate surface area is 125 Å². The molecule has 1 fully saturated rings. The highest BCUT2D eigenvalue weighted by atomic mass is 32.1. The van der Waals surface area contributed by atoms with E-state index in [0.29, 0.717) is 12.5 Å². The zero-order valence-corrected chi connectivity index (χ0v) is 13.2. The first kappa shape index (κ1) is 15.4. The van der Waals surface area contributed by atoms with Gasteiger partial charge in [-0.15, -0.1) is 11.3 Å². The molecule has 20 heavy (non-hydrogen) atoms. The van der Waals surface area contributed by atoms with Gasteiger partial charge >= 0.3 is 0 Å². The fourth-order valence-corrected chi connectivity index (χ4v) is 3.45. The summed E-state index contributed by atoms with van der Waals surface area (Å²) >= 11 is 1.61. The first-order valence-electron chi connectivity index (χ1n) is 7.40. The summed E-state index contributed by atoms with van der Waals surface area (Å²) in [7, 11) is 1.73. The quantitative estimate of drug-likeness (QED) is 0.758. The van der Waals surface area contributed by atoms with Gasteiger partial charge in [0.25, 0.3) is 0 Å². The molecule has 0 spiro atoms. The number of piperidine rings is 1. The molecule has 1 aliphatic rings. The van der Waals surface area contributed by atoms with Gasteiger partial charge in [-0.1, -0.05) is 0 Å². The van der Waals surface area contributed by atoms with Gasteiger partial charge in [0.05, 0.1) is 17.1 Å². The molecule has 1 aromatic rings. The summed E-state index contributed by atoms with van der Waals surface area (Å²) in [5.74, 6) is 0.234. The summed E-state index contributed by atoms with van der Waals surface area (Å²) in [5, 5.41) is 3.03. The maximum absolute atomic E-state index is 12.5. The smallest absolute Gasteiger partial charge is 0.228 e. The molecule has 1 atom stereocenters. The summed E-state index contributed by atoms with van der Waals surface area (Å²) in [6, 6.07) is 0.395. The second kappa shape index (κ2) is 7.74. The number of methoxy groups -OCH3 is 1. The van der Waals surface area contributed by atoms with Crippen molar-refractivity contribution in [3.05, 3.63) is 16.1 Å². The third kappa shape index (κ3) is 4.28. The van der Waals surface area contributed by atoms with Crippen molar-refractivity contribution in [2.45, 2.75) is 51.5 Å². The Hall–Kier alpha value is -0.940. The highest BCUT2D eigenvalue weighted by molar-refractivity contribution is 7.09. The number of aryl methyl sites for hydroxylation is 1. The van der Waals surface area contributed by atoms with Crippen molar-refractivity contribution in [2.24, 2.45) is 0 Å². The monoisotopic (exact) mass is 296 g/mol. The van der Waals surface area contributed by atoms with Crippen LogP contribution in [0.4, 0.5) is 0 Å². The summed E-state index contributed by atoms with van der Waals surface area (Å²) in [6.45, 7) is 3.66. The highest BCUT2D eigenvalue weighted by Gasteiger charge is 2.26. The largest absolute Gasteiger partial charge is 0.385 e. The zero-order valence-electron chi connectivity index (χ0n) is 12.4. The van der Waals surface area contributed by atoms with E-state index in [2.05, 4.69) is 9.88 Å². The number of hydrogen-bond donors (Lipinski definition) is 0. The Morgan fingerprint density at radius 2 is 2.40 bits per heavy atom. The molecule has 1 saturated heterocycles. The van der Waals surface area contributed by atoms with Crippen LogP contribution >= 0.6 is 11.3 Å². The second-order valence-electron chi connectivity index (χ2n) is 5.41. The van der Waals surface area contributed by atoms with Crippen molar-refractivity contribution in [1.82, 2.24) is 9.88 Å². The minimum absolute atomic E-state index is 0.234. The molecule has 0 unspecified atom stereocenters. The summed E-state index contributed by atoms with van der Waals surface area (Å²) in [4.78, 5) is 19.0. The third-order valence-electron chi connectivity index (χ3n) is 3.83. The van der Waals surface area contributed by atoms with Gasteiger partial charge < -0.3 is 9.64 Å². The van der Waals surface area contributed by atoms with Gasteiger partial charge in [0.2, 0.25) is 5.91 Å². The van der Waals surface area contributed by atoms with Crippen LogP contribution < -0.4 is 0 Å². The fourth-order valence-electron chi connectivity index (χ4n) is 2.84. The molecule has 0 aromatic carbocycles.